The second-order valence-electron chi connectivity index (χ2n) is 3.05. The second-order valence-corrected chi connectivity index (χ2v) is 4.36. The maximum absolute atomic E-state index is 11.6. The van der Waals surface area contributed by atoms with Crippen molar-refractivity contribution in [2.75, 3.05) is 0 Å². The fourth-order valence-corrected chi connectivity index (χ4v) is 1.89. The van der Waals surface area contributed by atoms with Gasteiger partial charge in [-0.2, -0.15) is 9.78 Å². The van der Waals surface area contributed by atoms with Gasteiger partial charge in [-0.15, -0.1) is 0 Å². The summed E-state index contributed by atoms with van der Waals surface area (Å²) in [5.74, 6) is 0. The molecule has 0 aliphatic heterocycles. The van der Waals surface area contributed by atoms with Crippen molar-refractivity contribution in [1.82, 2.24) is 9.78 Å². The predicted octanol–water partition coefficient (Wildman–Crippen LogP) is 3.19. The molecule has 0 saturated heterocycles. The van der Waals surface area contributed by atoms with E-state index in [4.69, 9.17) is 34.8 Å². The number of benzene rings is 1. The second kappa shape index (κ2) is 4.45. The molecule has 0 N–H and O–H groups in total. The van der Waals surface area contributed by atoms with Crippen LogP contribution in [0.2, 0.25) is 15.1 Å². The molecule has 0 saturated carbocycles. The summed E-state index contributed by atoms with van der Waals surface area (Å²) >= 11 is 17.3. The van der Waals surface area contributed by atoms with Crippen LogP contribution < -0.4 is 5.56 Å². The highest BCUT2D eigenvalue weighted by atomic mass is 35.5. The predicted molar refractivity (Wildman–Crippen MR) is 64.9 cm³/mol. The number of rotatable bonds is 1. The Morgan fingerprint density at radius 3 is 2.12 bits per heavy atom. The lowest BCUT2D eigenvalue weighted by atomic mass is 10.3. The largest absolute Gasteiger partial charge is 0.272 e. The van der Waals surface area contributed by atoms with E-state index in [1.807, 2.05) is 0 Å². The Morgan fingerprint density at radius 1 is 0.938 bits per heavy atom. The summed E-state index contributed by atoms with van der Waals surface area (Å²) in [5, 5.41) is 5.04. The molecule has 1 heterocycles. The minimum absolute atomic E-state index is 0.286. The number of nitrogens with zero attached hydrogens (tertiary/aromatic N) is 2. The van der Waals surface area contributed by atoms with E-state index in [2.05, 4.69) is 5.10 Å². The molecule has 0 spiro atoms. The summed E-state index contributed by atoms with van der Waals surface area (Å²) in [6, 6.07) is 6.03. The number of halogens is 3. The van der Waals surface area contributed by atoms with Gasteiger partial charge in [0.15, 0.2) is 0 Å². The summed E-state index contributed by atoms with van der Waals surface area (Å²) in [4.78, 5) is 11.6. The van der Waals surface area contributed by atoms with Gasteiger partial charge < -0.3 is 0 Å². The molecule has 82 valence electrons. The van der Waals surface area contributed by atoms with Gasteiger partial charge in [0.1, 0.15) is 0 Å². The van der Waals surface area contributed by atoms with Gasteiger partial charge in [0.25, 0.3) is 5.56 Å². The van der Waals surface area contributed by atoms with Crippen LogP contribution in [0.3, 0.4) is 0 Å². The zero-order valence-corrected chi connectivity index (χ0v) is 10.1. The number of hydrogen-bond acceptors (Lipinski definition) is 2. The molecule has 6 heteroatoms. The molecule has 0 fully saturated rings. The standard InChI is InChI=1S/C10H5Cl3N2O/c11-6-1-7(12)3-9(2-6)15-10(16)4-8(13)5-14-15/h1-5H. The Bertz CT molecular complexity index is 575. The maximum Gasteiger partial charge on any atom is 0.272 e. The molecule has 1 aromatic heterocycles. The highest BCUT2D eigenvalue weighted by Gasteiger charge is 2.04. The molecule has 0 bridgehead atoms. The van der Waals surface area contributed by atoms with Crippen LogP contribution in [0.4, 0.5) is 0 Å². The zero-order chi connectivity index (χ0) is 11.7. The Hall–Kier alpha value is -1.03. The average molecular weight is 276 g/mol. The van der Waals surface area contributed by atoms with Crippen LogP contribution in [0.1, 0.15) is 0 Å². The average Bonchev–Trinajstić information content (AvgIpc) is 2.15. The molecular weight excluding hydrogens is 270 g/mol. The molecule has 3 nitrogen and oxygen atoms in total. The fourth-order valence-electron chi connectivity index (χ4n) is 1.24. The normalized spacial score (nSPS) is 10.4. The summed E-state index contributed by atoms with van der Waals surface area (Å²) in [7, 11) is 0. The molecule has 0 amide bonds. The summed E-state index contributed by atoms with van der Waals surface area (Å²) in [5.41, 5.74) is 0.157. The lowest BCUT2D eigenvalue weighted by molar-refractivity contribution is 0.807. The Kier molecular flexibility index (Phi) is 3.19. The summed E-state index contributed by atoms with van der Waals surface area (Å²) in [6.07, 6.45) is 1.37. The van der Waals surface area contributed by atoms with Gasteiger partial charge in [0, 0.05) is 16.1 Å². The molecule has 1 aromatic carbocycles. The first kappa shape index (κ1) is 11.5. The van der Waals surface area contributed by atoms with Crippen molar-refractivity contribution >= 4 is 34.8 Å². The highest BCUT2D eigenvalue weighted by Crippen LogP contribution is 2.20. The van der Waals surface area contributed by atoms with Crippen LogP contribution in [0.5, 0.6) is 0 Å². The molecule has 0 radical (unpaired) electrons. The minimum atomic E-state index is -0.342. The SMILES string of the molecule is O=c1cc(Cl)cnn1-c1cc(Cl)cc(Cl)c1. The molecule has 2 rings (SSSR count). The Labute approximate surface area is 106 Å². The monoisotopic (exact) mass is 274 g/mol. The van der Waals surface area contributed by atoms with Crippen molar-refractivity contribution in [3.63, 3.8) is 0 Å². The van der Waals surface area contributed by atoms with E-state index in [0.717, 1.165) is 0 Å². The van der Waals surface area contributed by atoms with E-state index in [0.29, 0.717) is 15.7 Å². The lowest BCUT2D eigenvalue weighted by Crippen LogP contribution is -2.19. The quantitative estimate of drug-likeness (QED) is 0.801. The Balaban J connectivity index is 2.63. The minimum Gasteiger partial charge on any atom is -0.267 e. The molecule has 0 aliphatic carbocycles. The van der Waals surface area contributed by atoms with Crippen LogP contribution in [0.15, 0.2) is 35.3 Å². The Morgan fingerprint density at radius 2 is 1.56 bits per heavy atom. The third-order valence-corrected chi connectivity index (χ3v) is 2.50. The molecule has 0 unspecified atom stereocenters. The van der Waals surface area contributed by atoms with Crippen molar-refractivity contribution in [1.29, 1.82) is 0 Å². The molecule has 0 aliphatic rings. The van der Waals surface area contributed by atoms with Crippen LogP contribution in [0, 0.1) is 0 Å². The van der Waals surface area contributed by atoms with Crippen LogP contribution in [0.25, 0.3) is 5.69 Å². The van der Waals surface area contributed by atoms with Gasteiger partial charge in [-0.3, -0.25) is 4.79 Å². The highest BCUT2D eigenvalue weighted by molar-refractivity contribution is 6.34. The third-order valence-electron chi connectivity index (χ3n) is 1.86. The van der Waals surface area contributed by atoms with Gasteiger partial charge in [0.2, 0.25) is 0 Å². The first-order chi connectivity index (χ1) is 7.56. The van der Waals surface area contributed by atoms with Gasteiger partial charge in [-0.1, -0.05) is 34.8 Å². The molecule has 0 atom stereocenters. The maximum atomic E-state index is 11.6. The van der Waals surface area contributed by atoms with E-state index in [-0.39, 0.29) is 10.6 Å². The van der Waals surface area contributed by atoms with E-state index >= 15 is 0 Å². The summed E-state index contributed by atoms with van der Waals surface area (Å²) < 4.78 is 1.17. The molecule has 16 heavy (non-hydrogen) atoms. The lowest BCUT2D eigenvalue weighted by Gasteiger charge is -2.04. The van der Waals surface area contributed by atoms with E-state index in [1.54, 1.807) is 18.2 Å². The first-order valence-corrected chi connectivity index (χ1v) is 5.41. The van der Waals surface area contributed by atoms with Gasteiger partial charge >= 0.3 is 0 Å². The third kappa shape index (κ3) is 2.38. The van der Waals surface area contributed by atoms with Crippen molar-refractivity contribution in [3.8, 4) is 5.69 Å². The van der Waals surface area contributed by atoms with Gasteiger partial charge in [-0.05, 0) is 18.2 Å². The zero-order valence-electron chi connectivity index (χ0n) is 7.82. The molecular formula is C10H5Cl3N2O. The molecule has 2 aromatic rings. The van der Waals surface area contributed by atoms with Crippen molar-refractivity contribution < 1.29 is 0 Å². The van der Waals surface area contributed by atoms with Gasteiger partial charge in [0.05, 0.1) is 16.9 Å². The van der Waals surface area contributed by atoms with Gasteiger partial charge in [-0.25, -0.2) is 0 Å². The summed E-state index contributed by atoms with van der Waals surface area (Å²) in [6.45, 7) is 0. The van der Waals surface area contributed by atoms with E-state index < -0.39 is 0 Å². The number of hydrogen-bond donors (Lipinski definition) is 0. The van der Waals surface area contributed by atoms with Crippen molar-refractivity contribution in [2.24, 2.45) is 0 Å². The fraction of sp³-hybridized carbons (Fsp3) is 0. The first-order valence-electron chi connectivity index (χ1n) is 4.27. The van der Waals surface area contributed by atoms with Crippen LogP contribution in [-0.4, -0.2) is 9.78 Å². The topological polar surface area (TPSA) is 34.9 Å². The van der Waals surface area contributed by atoms with Crippen LogP contribution >= 0.6 is 34.8 Å². The van der Waals surface area contributed by atoms with Crippen molar-refractivity contribution in [2.45, 2.75) is 0 Å². The van der Waals surface area contributed by atoms with E-state index in [1.165, 1.54) is 16.9 Å². The number of aromatic nitrogens is 2. The van der Waals surface area contributed by atoms with E-state index in [9.17, 15) is 4.79 Å². The smallest absolute Gasteiger partial charge is 0.267 e. The van der Waals surface area contributed by atoms with Crippen LogP contribution in [-0.2, 0) is 0 Å². The van der Waals surface area contributed by atoms with Crippen molar-refractivity contribution in [3.05, 3.63) is 55.9 Å².